The molecule has 1 aromatic carbocycles. The van der Waals surface area contributed by atoms with E-state index in [9.17, 15) is 18.0 Å². The predicted octanol–water partition coefficient (Wildman–Crippen LogP) is 5.00. The number of ketones is 1. The van der Waals surface area contributed by atoms with Gasteiger partial charge in [-0.1, -0.05) is 12.1 Å². The number of nitrogens with zero attached hydrogens (tertiary/aromatic N) is 5. The van der Waals surface area contributed by atoms with Gasteiger partial charge >= 0.3 is 6.18 Å². The molecule has 0 radical (unpaired) electrons. The number of aromatic nitrogens is 3. The minimum absolute atomic E-state index is 0.0274. The second-order valence-electron chi connectivity index (χ2n) is 8.50. The Morgan fingerprint density at radius 2 is 1.97 bits per heavy atom. The van der Waals surface area contributed by atoms with Crippen molar-refractivity contribution in [2.45, 2.75) is 44.3 Å². The molecule has 1 fully saturated rings. The first-order valence-electron chi connectivity index (χ1n) is 11.5. The topological polar surface area (TPSA) is 92.0 Å². The van der Waals surface area contributed by atoms with Crippen molar-refractivity contribution in [3.8, 4) is 23.2 Å². The van der Waals surface area contributed by atoms with Gasteiger partial charge in [0, 0.05) is 36.9 Å². The van der Waals surface area contributed by atoms with Crippen molar-refractivity contribution in [2.75, 3.05) is 18.6 Å². The maximum Gasteiger partial charge on any atom is 0.451 e. The van der Waals surface area contributed by atoms with E-state index in [-0.39, 0.29) is 23.2 Å². The highest BCUT2D eigenvalue weighted by Crippen LogP contribution is 2.34. The van der Waals surface area contributed by atoms with Gasteiger partial charge in [0.05, 0.1) is 30.5 Å². The van der Waals surface area contributed by atoms with Gasteiger partial charge in [-0.25, -0.2) is 15.0 Å². The zero-order chi connectivity index (χ0) is 25.7. The van der Waals surface area contributed by atoms with Crippen molar-refractivity contribution in [1.82, 2.24) is 15.0 Å². The van der Waals surface area contributed by atoms with E-state index in [0.717, 1.165) is 5.56 Å². The van der Waals surface area contributed by atoms with Gasteiger partial charge in [-0.2, -0.15) is 18.4 Å². The molecular weight excluding hydrogens is 471 g/mol. The highest BCUT2D eigenvalue weighted by molar-refractivity contribution is 5.87. The number of methoxy groups -OCH3 is 1. The summed E-state index contributed by atoms with van der Waals surface area (Å²) in [5, 5.41) is 8.91. The Morgan fingerprint density at radius 1 is 1.19 bits per heavy atom. The Balaban J connectivity index is 1.54. The van der Waals surface area contributed by atoms with Gasteiger partial charge in [0.15, 0.2) is 5.78 Å². The molecule has 186 valence electrons. The highest BCUT2D eigenvalue weighted by Gasteiger charge is 2.38. The summed E-state index contributed by atoms with van der Waals surface area (Å²) in [4.78, 5) is 26.2. The fraction of sp³-hybridized carbons (Fsp3) is 0.346. The number of carbonyl (C=O) groups is 1. The molecule has 0 bridgehead atoms. The molecule has 2 aromatic heterocycles. The fourth-order valence-electron chi connectivity index (χ4n) is 4.29. The molecule has 0 unspecified atom stereocenters. The Morgan fingerprint density at radius 3 is 2.67 bits per heavy atom. The number of Topliss-reactive ketones (excluding diaryl/α,β-unsaturated/α-hetero) is 1. The summed E-state index contributed by atoms with van der Waals surface area (Å²) in [6, 6.07) is 13.2. The molecule has 1 aliphatic heterocycles. The first kappa shape index (κ1) is 25.1. The van der Waals surface area contributed by atoms with E-state index in [1.54, 1.807) is 23.1 Å². The van der Waals surface area contributed by atoms with E-state index in [1.807, 2.05) is 12.1 Å². The minimum Gasteiger partial charge on any atom is -0.481 e. The second kappa shape index (κ2) is 10.7. The fourth-order valence-corrected chi connectivity index (χ4v) is 4.29. The van der Waals surface area contributed by atoms with E-state index in [1.165, 1.54) is 25.4 Å². The van der Waals surface area contributed by atoms with Gasteiger partial charge < -0.3 is 9.64 Å². The van der Waals surface area contributed by atoms with Crippen LogP contribution in [0.5, 0.6) is 5.88 Å². The maximum atomic E-state index is 13.7. The summed E-state index contributed by atoms with van der Waals surface area (Å²) in [5.41, 5.74) is 2.07. The van der Waals surface area contributed by atoms with Crippen molar-refractivity contribution in [3.63, 3.8) is 0 Å². The third-order valence-electron chi connectivity index (χ3n) is 6.10. The summed E-state index contributed by atoms with van der Waals surface area (Å²) in [6.45, 7) is 0.430. The number of nitriles is 1. The first-order chi connectivity index (χ1) is 17.3. The zero-order valence-electron chi connectivity index (χ0n) is 19.6. The summed E-state index contributed by atoms with van der Waals surface area (Å²) < 4.78 is 46.1. The lowest BCUT2D eigenvalue weighted by atomic mass is 10.0. The molecule has 36 heavy (non-hydrogen) atoms. The van der Waals surface area contributed by atoms with Crippen molar-refractivity contribution >= 4 is 11.6 Å². The molecule has 10 heteroatoms. The summed E-state index contributed by atoms with van der Waals surface area (Å²) in [5.74, 6) is -0.964. The average Bonchev–Trinajstić information content (AvgIpc) is 3.38. The molecule has 1 atom stereocenters. The number of pyridine rings is 1. The number of halogens is 3. The van der Waals surface area contributed by atoms with Crippen LogP contribution in [0.2, 0.25) is 0 Å². The van der Waals surface area contributed by atoms with Gasteiger partial charge in [0.1, 0.15) is 5.82 Å². The smallest absolute Gasteiger partial charge is 0.451 e. The third-order valence-corrected chi connectivity index (χ3v) is 6.10. The number of hydrogen-bond donors (Lipinski definition) is 0. The van der Waals surface area contributed by atoms with Crippen LogP contribution in [0.1, 0.15) is 42.6 Å². The Kier molecular flexibility index (Phi) is 7.48. The molecule has 4 rings (SSSR count). The molecule has 3 aromatic rings. The Labute approximate surface area is 206 Å². The Bertz CT molecular complexity index is 1270. The normalized spacial score (nSPS) is 15.5. The van der Waals surface area contributed by atoms with Crippen molar-refractivity contribution in [2.24, 2.45) is 0 Å². The lowest BCUT2D eigenvalue weighted by Gasteiger charge is -2.26. The number of carbonyl (C=O) groups excluding carboxylic acids is 1. The summed E-state index contributed by atoms with van der Waals surface area (Å²) >= 11 is 0. The molecule has 0 amide bonds. The number of aryl methyl sites for hydroxylation is 1. The lowest BCUT2D eigenvalue weighted by molar-refractivity contribution is -0.144. The van der Waals surface area contributed by atoms with Gasteiger partial charge in [0.25, 0.3) is 0 Å². The Hall–Kier alpha value is -4.00. The zero-order valence-corrected chi connectivity index (χ0v) is 19.6. The van der Waals surface area contributed by atoms with E-state index < -0.39 is 18.0 Å². The SMILES string of the molecule is COc1cc(-c2cc(N3CCC[C@H]3C(=O)CCCc3ccc(C#N)cc3)nc(C(F)(F)F)n2)ccn1. The van der Waals surface area contributed by atoms with Crippen molar-refractivity contribution < 1.29 is 22.7 Å². The number of alkyl halides is 3. The molecule has 3 heterocycles. The van der Waals surface area contributed by atoms with Crippen LogP contribution in [0.15, 0.2) is 48.7 Å². The molecule has 7 nitrogen and oxygen atoms in total. The molecule has 1 saturated heterocycles. The van der Waals surface area contributed by atoms with Crippen LogP contribution in [-0.2, 0) is 17.4 Å². The monoisotopic (exact) mass is 495 g/mol. The molecule has 0 N–H and O–H groups in total. The molecule has 0 saturated carbocycles. The van der Waals surface area contributed by atoms with Gasteiger partial charge in [0.2, 0.25) is 11.7 Å². The molecule has 0 spiro atoms. The van der Waals surface area contributed by atoms with E-state index in [4.69, 9.17) is 10.00 Å². The molecular formula is C26H24F3N5O2. The standard InChI is InChI=1S/C26H24F3N5O2/c1-36-24-14-19(11-12-31-24)20-15-23(33-25(32-20)26(27,28)29)34-13-3-5-21(34)22(35)6-2-4-17-7-9-18(16-30)10-8-17/h7-12,14-15,21H,2-6,13H2,1H3/t21-/m0/s1. The van der Waals surface area contributed by atoms with Crippen LogP contribution in [0.25, 0.3) is 11.3 Å². The summed E-state index contributed by atoms with van der Waals surface area (Å²) in [7, 11) is 1.42. The third kappa shape index (κ3) is 5.79. The molecule has 0 aliphatic carbocycles. The van der Waals surface area contributed by atoms with E-state index >= 15 is 0 Å². The van der Waals surface area contributed by atoms with Crippen molar-refractivity contribution in [3.05, 3.63) is 65.6 Å². The van der Waals surface area contributed by atoms with Crippen LogP contribution in [0.4, 0.5) is 19.0 Å². The number of hydrogen-bond acceptors (Lipinski definition) is 7. The average molecular weight is 496 g/mol. The second-order valence-corrected chi connectivity index (χ2v) is 8.50. The van der Waals surface area contributed by atoms with Crippen LogP contribution >= 0.6 is 0 Å². The van der Waals surface area contributed by atoms with Crippen LogP contribution in [0.3, 0.4) is 0 Å². The number of anilines is 1. The first-order valence-corrected chi connectivity index (χ1v) is 11.5. The van der Waals surface area contributed by atoms with E-state index in [0.29, 0.717) is 49.8 Å². The van der Waals surface area contributed by atoms with Gasteiger partial charge in [-0.3, -0.25) is 4.79 Å². The lowest BCUT2D eigenvalue weighted by Crippen LogP contribution is -2.37. The molecule has 1 aliphatic rings. The summed E-state index contributed by atoms with van der Waals surface area (Å²) in [6.07, 6.45) is -0.512. The largest absolute Gasteiger partial charge is 0.481 e. The van der Waals surface area contributed by atoms with Crippen LogP contribution in [0, 0.1) is 11.3 Å². The van der Waals surface area contributed by atoms with Gasteiger partial charge in [-0.15, -0.1) is 0 Å². The quantitative estimate of drug-likeness (QED) is 0.434. The maximum absolute atomic E-state index is 13.7. The predicted molar refractivity (Wildman–Crippen MR) is 126 cm³/mol. The highest BCUT2D eigenvalue weighted by atomic mass is 19.4. The number of ether oxygens (including phenoxy) is 1. The minimum atomic E-state index is -4.75. The van der Waals surface area contributed by atoms with Crippen LogP contribution < -0.4 is 9.64 Å². The van der Waals surface area contributed by atoms with Crippen LogP contribution in [-0.4, -0.2) is 40.4 Å². The number of benzene rings is 1. The number of rotatable bonds is 8. The van der Waals surface area contributed by atoms with E-state index in [2.05, 4.69) is 21.0 Å². The van der Waals surface area contributed by atoms with Gasteiger partial charge in [-0.05, 0) is 49.4 Å². The van der Waals surface area contributed by atoms with Crippen molar-refractivity contribution in [1.29, 1.82) is 5.26 Å².